The van der Waals surface area contributed by atoms with E-state index in [1.807, 2.05) is 35.2 Å². The Morgan fingerprint density at radius 2 is 1.97 bits per heavy atom. The number of fused-ring (bicyclic) bond motifs is 2. The highest BCUT2D eigenvalue weighted by atomic mass is 16.2. The Labute approximate surface area is 197 Å². The summed E-state index contributed by atoms with van der Waals surface area (Å²) >= 11 is 0. The van der Waals surface area contributed by atoms with Gasteiger partial charge in [0.25, 0.3) is 5.91 Å². The van der Waals surface area contributed by atoms with Gasteiger partial charge in [0.1, 0.15) is 17.3 Å². The Morgan fingerprint density at radius 3 is 2.82 bits per heavy atom. The van der Waals surface area contributed by atoms with E-state index >= 15 is 0 Å². The van der Waals surface area contributed by atoms with Crippen molar-refractivity contribution < 1.29 is 4.79 Å². The van der Waals surface area contributed by atoms with Gasteiger partial charge in [-0.2, -0.15) is 0 Å². The number of benzene rings is 1. The van der Waals surface area contributed by atoms with Crippen LogP contribution >= 0.6 is 0 Å². The van der Waals surface area contributed by atoms with Crippen molar-refractivity contribution in [3.05, 3.63) is 71.1 Å². The monoisotopic (exact) mass is 451 g/mol. The standard InChI is InChI=1S/C26H25N7O/c1-15-10-18-12-32(26(34)19(18)11-22(15)31-13-21(27-14-31)17-7-8-17)23-5-3-4-20(28-23)25-30-29-24-9-6-16(2)33(24)25/h3-5,10-11,13-14,16-17H,6-9,12H2,1-2H3/t16-/m1/s1. The number of rotatable bonds is 4. The summed E-state index contributed by atoms with van der Waals surface area (Å²) in [5.74, 6) is 2.99. The Morgan fingerprint density at radius 1 is 1.09 bits per heavy atom. The van der Waals surface area contributed by atoms with Crippen LogP contribution in [0.25, 0.3) is 17.2 Å². The maximum atomic E-state index is 13.5. The average Bonchev–Trinajstić information content (AvgIpc) is 3.16. The molecule has 8 heteroatoms. The topological polar surface area (TPSA) is 81.7 Å². The summed E-state index contributed by atoms with van der Waals surface area (Å²) in [4.78, 5) is 24.7. The van der Waals surface area contributed by atoms with E-state index in [1.54, 1.807) is 4.90 Å². The molecule has 0 N–H and O–H groups in total. The van der Waals surface area contributed by atoms with Gasteiger partial charge in [-0.1, -0.05) is 12.1 Å². The molecule has 8 nitrogen and oxygen atoms in total. The molecule has 3 aromatic heterocycles. The molecule has 7 rings (SSSR count). The Bertz CT molecular complexity index is 1460. The van der Waals surface area contributed by atoms with Gasteiger partial charge in [0.2, 0.25) is 0 Å². The number of anilines is 1. The minimum absolute atomic E-state index is 0.0247. The zero-order valence-corrected chi connectivity index (χ0v) is 19.3. The number of nitrogens with zero attached hydrogens (tertiary/aromatic N) is 7. The molecule has 170 valence electrons. The molecule has 0 radical (unpaired) electrons. The molecule has 0 spiro atoms. The zero-order chi connectivity index (χ0) is 23.0. The van der Waals surface area contributed by atoms with Gasteiger partial charge in [-0.15, -0.1) is 10.2 Å². The van der Waals surface area contributed by atoms with E-state index in [4.69, 9.17) is 4.98 Å². The van der Waals surface area contributed by atoms with E-state index in [0.29, 0.717) is 24.3 Å². The second kappa shape index (κ2) is 7.09. The number of aromatic nitrogens is 6. The van der Waals surface area contributed by atoms with Gasteiger partial charge in [-0.25, -0.2) is 9.97 Å². The summed E-state index contributed by atoms with van der Waals surface area (Å²) in [5, 5.41) is 8.75. The number of imidazole rings is 1. The molecule has 0 saturated heterocycles. The molecule has 5 heterocycles. The molecule has 3 aliphatic rings. The number of amides is 1. The van der Waals surface area contributed by atoms with E-state index in [1.165, 1.54) is 12.8 Å². The van der Waals surface area contributed by atoms with Crippen molar-refractivity contribution in [1.29, 1.82) is 0 Å². The van der Waals surface area contributed by atoms with Crippen molar-refractivity contribution in [3.63, 3.8) is 0 Å². The molecule has 1 fully saturated rings. The van der Waals surface area contributed by atoms with Crippen LogP contribution in [0, 0.1) is 6.92 Å². The lowest BCUT2D eigenvalue weighted by atomic mass is 10.0. The van der Waals surface area contributed by atoms with E-state index in [-0.39, 0.29) is 5.91 Å². The molecule has 1 amide bonds. The van der Waals surface area contributed by atoms with Crippen molar-refractivity contribution >= 4 is 11.7 Å². The van der Waals surface area contributed by atoms with Gasteiger partial charge in [-0.05, 0) is 62.4 Å². The normalized spacial score (nSPS) is 19.1. The smallest absolute Gasteiger partial charge is 0.260 e. The lowest BCUT2D eigenvalue weighted by Gasteiger charge is -2.16. The number of aryl methyl sites for hydroxylation is 2. The molecule has 1 aliphatic carbocycles. The van der Waals surface area contributed by atoms with Crippen molar-refractivity contribution in [2.45, 2.75) is 58.0 Å². The Hall–Kier alpha value is -3.81. The van der Waals surface area contributed by atoms with E-state index in [2.05, 4.69) is 45.9 Å². The number of carbonyl (C=O) groups excluding carboxylic acids is 1. The van der Waals surface area contributed by atoms with Crippen LogP contribution in [0.2, 0.25) is 0 Å². The molecule has 2 aliphatic heterocycles. The number of hydrogen-bond donors (Lipinski definition) is 0. The van der Waals surface area contributed by atoms with Crippen LogP contribution in [0.4, 0.5) is 5.82 Å². The highest BCUT2D eigenvalue weighted by molar-refractivity contribution is 6.10. The van der Waals surface area contributed by atoms with Crippen molar-refractivity contribution in [2.75, 3.05) is 4.90 Å². The van der Waals surface area contributed by atoms with E-state index in [9.17, 15) is 4.79 Å². The summed E-state index contributed by atoms with van der Waals surface area (Å²) in [6.07, 6.45) is 8.41. The van der Waals surface area contributed by atoms with Crippen LogP contribution in [-0.4, -0.2) is 35.2 Å². The molecule has 1 aromatic carbocycles. The van der Waals surface area contributed by atoms with Crippen LogP contribution in [-0.2, 0) is 13.0 Å². The highest BCUT2D eigenvalue weighted by Crippen LogP contribution is 2.39. The first-order valence-electron chi connectivity index (χ1n) is 12.0. The molecule has 4 aromatic rings. The molecule has 34 heavy (non-hydrogen) atoms. The fraction of sp³-hybridized carbons (Fsp3) is 0.346. The summed E-state index contributed by atoms with van der Waals surface area (Å²) < 4.78 is 4.22. The zero-order valence-electron chi connectivity index (χ0n) is 19.3. The lowest BCUT2D eigenvalue weighted by molar-refractivity contribution is 0.0996. The van der Waals surface area contributed by atoms with Gasteiger partial charge < -0.3 is 9.13 Å². The minimum atomic E-state index is -0.0247. The van der Waals surface area contributed by atoms with E-state index < -0.39 is 0 Å². The maximum Gasteiger partial charge on any atom is 0.260 e. The third-order valence-electron chi connectivity index (χ3n) is 7.34. The summed E-state index contributed by atoms with van der Waals surface area (Å²) in [6.45, 7) is 4.78. The van der Waals surface area contributed by atoms with Crippen molar-refractivity contribution in [2.24, 2.45) is 0 Å². The predicted octanol–water partition coefficient (Wildman–Crippen LogP) is 4.38. The maximum absolute atomic E-state index is 13.5. The average molecular weight is 452 g/mol. The quantitative estimate of drug-likeness (QED) is 0.460. The summed E-state index contributed by atoms with van der Waals surface area (Å²) in [6, 6.07) is 10.3. The number of pyridine rings is 1. The van der Waals surface area contributed by atoms with Crippen molar-refractivity contribution in [3.8, 4) is 17.2 Å². The van der Waals surface area contributed by atoms with Crippen LogP contribution in [0.1, 0.15) is 71.1 Å². The first-order chi connectivity index (χ1) is 16.6. The van der Waals surface area contributed by atoms with Crippen LogP contribution in [0.5, 0.6) is 0 Å². The fourth-order valence-corrected chi connectivity index (χ4v) is 5.29. The summed E-state index contributed by atoms with van der Waals surface area (Å²) in [7, 11) is 0. The molecular weight excluding hydrogens is 426 g/mol. The van der Waals surface area contributed by atoms with Gasteiger partial charge in [0.05, 0.1) is 24.3 Å². The first-order valence-corrected chi connectivity index (χ1v) is 12.0. The first kappa shape index (κ1) is 19.6. The molecule has 1 atom stereocenters. The molecular formula is C26H25N7O. The second-order valence-electron chi connectivity index (χ2n) is 9.75. The highest BCUT2D eigenvalue weighted by Gasteiger charge is 2.32. The minimum Gasteiger partial charge on any atom is -0.307 e. The van der Waals surface area contributed by atoms with Gasteiger partial charge in [0.15, 0.2) is 5.82 Å². The van der Waals surface area contributed by atoms with Crippen LogP contribution in [0.3, 0.4) is 0 Å². The van der Waals surface area contributed by atoms with Gasteiger partial charge >= 0.3 is 0 Å². The largest absolute Gasteiger partial charge is 0.307 e. The summed E-state index contributed by atoms with van der Waals surface area (Å²) in [5.41, 5.74) is 5.77. The SMILES string of the molecule is Cc1cc2c(cc1-n1cnc(C3CC3)c1)C(=O)N(c1cccc(-c3nnc4n3[C@H](C)CC4)n1)C2. The predicted molar refractivity (Wildman–Crippen MR) is 127 cm³/mol. The van der Waals surface area contributed by atoms with Crippen molar-refractivity contribution in [1.82, 2.24) is 29.3 Å². The Balaban J connectivity index is 1.22. The molecule has 0 unspecified atom stereocenters. The number of carbonyl (C=O) groups is 1. The Kier molecular flexibility index (Phi) is 4.10. The molecule has 0 bridgehead atoms. The molecule has 1 saturated carbocycles. The van der Waals surface area contributed by atoms with Gasteiger partial charge in [-0.3, -0.25) is 9.69 Å². The lowest BCUT2D eigenvalue weighted by Crippen LogP contribution is -2.24. The van der Waals surface area contributed by atoms with Gasteiger partial charge in [0, 0.05) is 30.1 Å². The van der Waals surface area contributed by atoms with Crippen LogP contribution in [0.15, 0.2) is 42.9 Å². The third-order valence-corrected chi connectivity index (χ3v) is 7.34. The van der Waals surface area contributed by atoms with E-state index in [0.717, 1.165) is 58.3 Å². The fourth-order valence-electron chi connectivity index (χ4n) is 5.29. The third kappa shape index (κ3) is 2.94. The van der Waals surface area contributed by atoms with Crippen LogP contribution < -0.4 is 4.90 Å². The number of hydrogen-bond acceptors (Lipinski definition) is 5. The second-order valence-corrected chi connectivity index (χ2v) is 9.75.